The molecular formula is C13H16Cl2N6O. The van der Waals surface area contributed by atoms with Crippen molar-refractivity contribution in [2.45, 2.75) is 19.4 Å². The molecule has 0 aliphatic carbocycles. The van der Waals surface area contributed by atoms with E-state index in [0.717, 1.165) is 31.5 Å². The van der Waals surface area contributed by atoms with E-state index in [2.05, 4.69) is 25.5 Å². The number of nitrogens with zero attached hydrogens (tertiary/aromatic N) is 6. The van der Waals surface area contributed by atoms with Gasteiger partial charge in [0.2, 0.25) is 0 Å². The zero-order chi connectivity index (χ0) is 14.7. The van der Waals surface area contributed by atoms with Crippen molar-refractivity contribution >= 4 is 35.7 Å². The Morgan fingerprint density at radius 2 is 1.91 bits per heavy atom. The van der Waals surface area contributed by atoms with Crippen molar-refractivity contribution in [3.05, 3.63) is 34.9 Å². The summed E-state index contributed by atoms with van der Waals surface area (Å²) in [7, 11) is 0. The third kappa shape index (κ3) is 3.66. The van der Waals surface area contributed by atoms with Crippen LogP contribution in [-0.4, -0.2) is 44.2 Å². The van der Waals surface area contributed by atoms with Gasteiger partial charge in [0.25, 0.3) is 5.95 Å². The lowest BCUT2D eigenvalue weighted by atomic mass is 10.1. The van der Waals surface area contributed by atoms with Gasteiger partial charge in [-0.1, -0.05) is 34.0 Å². The van der Waals surface area contributed by atoms with Gasteiger partial charge >= 0.3 is 0 Å². The number of benzene rings is 1. The van der Waals surface area contributed by atoms with E-state index < -0.39 is 0 Å². The van der Waals surface area contributed by atoms with E-state index in [0.29, 0.717) is 16.7 Å². The molecular weight excluding hydrogens is 327 g/mol. The molecule has 0 saturated carbocycles. The molecule has 1 aromatic carbocycles. The Balaban J connectivity index is 0.00000176. The zero-order valence-corrected chi connectivity index (χ0v) is 13.3. The third-order valence-corrected chi connectivity index (χ3v) is 3.67. The van der Waals surface area contributed by atoms with Crippen LogP contribution < -0.4 is 4.90 Å². The van der Waals surface area contributed by atoms with Crippen LogP contribution in [0.25, 0.3) is 0 Å². The van der Waals surface area contributed by atoms with Gasteiger partial charge in [-0.05, 0) is 30.2 Å². The zero-order valence-electron chi connectivity index (χ0n) is 11.8. The lowest BCUT2D eigenvalue weighted by Gasteiger charge is -2.10. The lowest BCUT2D eigenvalue weighted by Crippen LogP contribution is -2.20. The first-order valence-electron chi connectivity index (χ1n) is 6.76. The Kier molecular flexibility index (Phi) is 5.57. The molecule has 2 aromatic rings. The predicted molar refractivity (Wildman–Crippen MR) is 86.3 cm³/mol. The van der Waals surface area contributed by atoms with E-state index >= 15 is 0 Å². The van der Waals surface area contributed by atoms with Crippen molar-refractivity contribution in [3.63, 3.8) is 0 Å². The first kappa shape index (κ1) is 16.5. The molecule has 1 aromatic heterocycles. The maximum Gasteiger partial charge on any atom is 0.266 e. The highest BCUT2D eigenvalue weighted by atomic mass is 35.5. The highest BCUT2D eigenvalue weighted by Gasteiger charge is 2.17. The van der Waals surface area contributed by atoms with Crippen LogP contribution in [-0.2, 0) is 6.54 Å². The Labute approximate surface area is 139 Å². The number of rotatable bonds is 4. The summed E-state index contributed by atoms with van der Waals surface area (Å²) in [4.78, 5) is 3.53. The van der Waals surface area contributed by atoms with Crippen LogP contribution in [0.2, 0.25) is 5.02 Å². The molecule has 9 heteroatoms. The number of aromatic nitrogens is 4. The minimum absolute atomic E-state index is 0. The van der Waals surface area contributed by atoms with Gasteiger partial charge in [-0.25, -0.2) is 0 Å². The molecule has 0 spiro atoms. The molecule has 1 saturated heterocycles. The molecule has 7 nitrogen and oxygen atoms in total. The molecule has 1 aliphatic rings. The van der Waals surface area contributed by atoms with Crippen molar-refractivity contribution < 1.29 is 5.21 Å². The van der Waals surface area contributed by atoms with E-state index in [4.69, 9.17) is 11.6 Å². The topological polar surface area (TPSA) is 79.4 Å². The van der Waals surface area contributed by atoms with Crippen molar-refractivity contribution in [2.24, 2.45) is 5.16 Å². The highest BCUT2D eigenvalue weighted by molar-refractivity contribution is 6.30. The van der Waals surface area contributed by atoms with E-state index in [1.807, 2.05) is 0 Å². The number of anilines is 1. The Bertz CT molecular complexity index is 636. The maximum atomic E-state index is 9.18. The molecule has 0 atom stereocenters. The van der Waals surface area contributed by atoms with E-state index in [-0.39, 0.29) is 19.0 Å². The second kappa shape index (κ2) is 7.42. The second-order valence-electron chi connectivity index (χ2n) is 4.87. The molecule has 22 heavy (non-hydrogen) atoms. The quantitative estimate of drug-likeness (QED) is 0.523. The molecule has 0 radical (unpaired) electrons. The molecule has 1 aliphatic heterocycles. The Hall–Kier alpha value is -1.86. The van der Waals surface area contributed by atoms with Gasteiger partial charge < -0.3 is 10.1 Å². The first-order chi connectivity index (χ1) is 10.3. The normalized spacial score (nSPS) is 15.0. The van der Waals surface area contributed by atoms with E-state index in [1.54, 1.807) is 24.3 Å². The van der Waals surface area contributed by atoms with Crippen molar-refractivity contribution in [3.8, 4) is 0 Å². The number of hydrogen-bond acceptors (Lipinski definition) is 6. The summed E-state index contributed by atoms with van der Waals surface area (Å²) < 4.78 is 0. The smallest absolute Gasteiger partial charge is 0.266 e. The van der Waals surface area contributed by atoms with Crippen LogP contribution >= 0.6 is 24.0 Å². The van der Waals surface area contributed by atoms with Crippen LogP contribution in [0.15, 0.2) is 29.4 Å². The van der Waals surface area contributed by atoms with Gasteiger partial charge in [0.05, 0.1) is 0 Å². The summed E-state index contributed by atoms with van der Waals surface area (Å²) in [6.45, 7) is 2.17. The number of halogens is 2. The SMILES string of the molecule is Cl.ON=C(Cn1nnc(N2CCCC2)n1)c1ccc(Cl)cc1. The van der Waals surface area contributed by atoms with E-state index in [1.165, 1.54) is 4.80 Å². The van der Waals surface area contributed by atoms with Gasteiger partial charge in [-0.15, -0.1) is 17.5 Å². The summed E-state index contributed by atoms with van der Waals surface area (Å²) in [6, 6.07) is 7.06. The standard InChI is InChI=1S/C13H15ClN6O.ClH/c14-11-5-3-10(4-6-11)12(17-21)9-20-16-13(15-18-20)19-7-1-2-8-19;/h3-6,21H,1-2,7-9H2;1H. The summed E-state index contributed by atoms with van der Waals surface area (Å²) in [5.41, 5.74) is 1.22. The molecule has 1 N–H and O–H groups in total. The van der Waals surface area contributed by atoms with Gasteiger partial charge in [0.1, 0.15) is 12.3 Å². The van der Waals surface area contributed by atoms with Crippen LogP contribution in [0, 0.1) is 0 Å². The fourth-order valence-electron chi connectivity index (χ4n) is 2.30. The molecule has 0 unspecified atom stereocenters. The Morgan fingerprint density at radius 3 is 2.55 bits per heavy atom. The summed E-state index contributed by atoms with van der Waals surface area (Å²) in [6.07, 6.45) is 2.31. The predicted octanol–water partition coefficient (Wildman–Crippen LogP) is 2.23. The van der Waals surface area contributed by atoms with Gasteiger partial charge in [-0.2, -0.15) is 4.80 Å². The fraction of sp³-hybridized carbons (Fsp3) is 0.385. The Morgan fingerprint density at radius 1 is 1.23 bits per heavy atom. The summed E-state index contributed by atoms with van der Waals surface area (Å²) in [5, 5.41) is 25.5. The summed E-state index contributed by atoms with van der Waals surface area (Å²) in [5.74, 6) is 0.626. The van der Waals surface area contributed by atoms with Crippen LogP contribution in [0.5, 0.6) is 0 Å². The van der Waals surface area contributed by atoms with Crippen LogP contribution in [0.3, 0.4) is 0 Å². The third-order valence-electron chi connectivity index (χ3n) is 3.42. The average Bonchev–Trinajstić information content (AvgIpc) is 3.17. The number of tetrazole rings is 1. The molecule has 2 heterocycles. The van der Waals surface area contributed by atoms with Crippen molar-refractivity contribution in [2.75, 3.05) is 18.0 Å². The molecule has 3 rings (SSSR count). The average molecular weight is 343 g/mol. The highest BCUT2D eigenvalue weighted by Crippen LogP contribution is 2.14. The fourth-order valence-corrected chi connectivity index (χ4v) is 2.43. The molecule has 118 valence electrons. The lowest BCUT2D eigenvalue weighted by molar-refractivity contribution is 0.316. The molecule has 0 amide bonds. The van der Waals surface area contributed by atoms with Crippen molar-refractivity contribution in [1.82, 2.24) is 20.2 Å². The number of hydrogen-bond donors (Lipinski definition) is 1. The summed E-state index contributed by atoms with van der Waals surface area (Å²) >= 11 is 5.85. The van der Waals surface area contributed by atoms with Gasteiger partial charge in [-0.3, -0.25) is 0 Å². The monoisotopic (exact) mass is 342 g/mol. The molecule has 1 fully saturated rings. The second-order valence-corrected chi connectivity index (χ2v) is 5.30. The minimum atomic E-state index is 0. The van der Waals surface area contributed by atoms with Crippen molar-refractivity contribution in [1.29, 1.82) is 0 Å². The van der Waals surface area contributed by atoms with Crippen LogP contribution in [0.1, 0.15) is 18.4 Å². The minimum Gasteiger partial charge on any atom is -0.411 e. The maximum absolute atomic E-state index is 9.18. The first-order valence-corrected chi connectivity index (χ1v) is 7.13. The van der Waals surface area contributed by atoms with Gasteiger partial charge in [0.15, 0.2) is 0 Å². The van der Waals surface area contributed by atoms with Gasteiger partial charge in [0, 0.05) is 23.7 Å². The molecule has 0 bridgehead atoms. The number of oxime groups is 1. The largest absolute Gasteiger partial charge is 0.411 e. The van der Waals surface area contributed by atoms with E-state index in [9.17, 15) is 5.21 Å². The van der Waals surface area contributed by atoms with Crippen LogP contribution in [0.4, 0.5) is 5.95 Å².